The summed E-state index contributed by atoms with van der Waals surface area (Å²) in [7, 11) is 0. The van der Waals surface area contributed by atoms with E-state index in [1.54, 1.807) is 6.92 Å². The first-order valence-electron chi connectivity index (χ1n) is 4.52. The lowest BCUT2D eigenvalue weighted by molar-refractivity contribution is -0.142. The van der Waals surface area contributed by atoms with Gasteiger partial charge in [-0.1, -0.05) is 0 Å². The van der Waals surface area contributed by atoms with Crippen LogP contribution in [0.1, 0.15) is 24.6 Å². The van der Waals surface area contributed by atoms with E-state index in [1.807, 2.05) is 0 Å². The van der Waals surface area contributed by atoms with Gasteiger partial charge in [0, 0.05) is 11.8 Å². The van der Waals surface area contributed by atoms with Gasteiger partial charge in [-0.3, -0.25) is 9.78 Å². The van der Waals surface area contributed by atoms with E-state index in [1.165, 1.54) is 18.3 Å². The molecule has 0 spiro atoms. The zero-order valence-electron chi connectivity index (χ0n) is 8.24. The maximum absolute atomic E-state index is 12.3. The van der Waals surface area contributed by atoms with Crippen molar-refractivity contribution in [1.82, 2.24) is 4.98 Å². The summed E-state index contributed by atoms with van der Waals surface area (Å²) in [5, 5.41) is 0. The fourth-order valence-corrected chi connectivity index (χ4v) is 1.09. The first-order chi connectivity index (χ1) is 7.13. The van der Waals surface area contributed by atoms with E-state index in [0.717, 1.165) is 0 Å². The molecule has 0 amide bonds. The number of nitrogens with zero attached hydrogens (tertiary/aromatic N) is 1. The van der Waals surface area contributed by atoms with Crippen molar-refractivity contribution >= 4 is 5.97 Å². The standard InChI is InChI=1S/C10H11F2NO2/c1-2-15-9(14)6-8-5-7(10(11)12)3-4-13-8/h3-5,10H,2,6H2,1H3. The minimum atomic E-state index is -2.55. The molecular formula is C10H11F2NO2. The van der Waals surface area contributed by atoms with Crippen LogP contribution >= 0.6 is 0 Å². The van der Waals surface area contributed by atoms with E-state index in [4.69, 9.17) is 0 Å². The van der Waals surface area contributed by atoms with Crippen LogP contribution in [0.2, 0.25) is 0 Å². The minimum Gasteiger partial charge on any atom is -0.466 e. The van der Waals surface area contributed by atoms with Gasteiger partial charge in [-0.2, -0.15) is 0 Å². The van der Waals surface area contributed by atoms with Crippen molar-refractivity contribution in [3.63, 3.8) is 0 Å². The van der Waals surface area contributed by atoms with E-state index in [-0.39, 0.29) is 18.6 Å². The van der Waals surface area contributed by atoms with Crippen molar-refractivity contribution < 1.29 is 18.3 Å². The molecule has 0 aromatic carbocycles. The Labute approximate surface area is 86.1 Å². The van der Waals surface area contributed by atoms with Crippen LogP contribution in [-0.4, -0.2) is 17.6 Å². The summed E-state index contributed by atoms with van der Waals surface area (Å²) < 4.78 is 29.3. The van der Waals surface area contributed by atoms with Crippen LogP contribution in [0, 0.1) is 0 Å². The Balaban J connectivity index is 2.69. The maximum atomic E-state index is 12.3. The SMILES string of the molecule is CCOC(=O)Cc1cc(C(F)F)ccn1. The molecule has 0 aliphatic heterocycles. The van der Waals surface area contributed by atoms with Crippen molar-refractivity contribution in [3.8, 4) is 0 Å². The molecule has 0 fully saturated rings. The van der Waals surface area contributed by atoms with E-state index in [0.29, 0.717) is 5.69 Å². The fourth-order valence-electron chi connectivity index (χ4n) is 1.09. The van der Waals surface area contributed by atoms with Crippen molar-refractivity contribution in [3.05, 3.63) is 29.6 Å². The third-order valence-corrected chi connectivity index (χ3v) is 1.72. The summed E-state index contributed by atoms with van der Waals surface area (Å²) in [6, 6.07) is 2.43. The molecule has 0 atom stereocenters. The third-order valence-electron chi connectivity index (χ3n) is 1.72. The summed E-state index contributed by atoms with van der Waals surface area (Å²) in [6.45, 7) is 1.95. The van der Waals surface area contributed by atoms with Crippen LogP contribution in [-0.2, 0) is 16.0 Å². The Hall–Kier alpha value is -1.52. The van der Waals surface area contributed by atoms with Crippen molar-refractivity contribution in [2.75, 3.05) is 6.61 Å². The number of pyridine rings is 1. The van der Waals surface area contributed by atoms with Gasteiger partial charge in [0.25, 0.3) is 6.43 Å². The lowest BCUT2D eigenvalue weighted by Crippen LogP contribution is -2.08. The van der Waals surface area contributed by atoms with E-state index < -0.39 is 12.4 Å². The molecule has 3 nitrogen and oxygen atoms in total. The Kier molecular flexibility index (Phi) is 4.15. The van der Waals surface area contributed by atoms with Crippen LogP contribution in [0.5, 0.6) is 0 Å². The van der Waals surface area contributed by atoms with Gasteiger partial charge in [0.05, 0.1) is 18.7 Å². The quantitative estimate of drug-likeness (QED) is 0.722. The Morgan fingerprint density at radius 1 is 1.60 bits per heavy atom. The molecule has 0 bridgehead atoms. The number of halogens is 2. The van der Waals surface area contributed by atoms with Crippen molar-refractivity contribution in [2.45, 2.75) is 19.8 Å². The number of ether oxygens (including phenoxy) is 1. The summed E-state index contributed by atoms with van der Waals surface area (Å²) in [5.41, 5.74) is 0.163. The zero-order valence-corrected chi connectivity index (χ0v) is 8.24. The van der Waals surface area contributed by atoms with E-state index >= 15 is 0 Å². The molecule has 82 valence electrons. The van der Waals surface area contributed by atoms with Crippen LogP contribution in [0.25, 0.3) is 0 Å². The number of carbonyl (C=O) groups is 1. The molecule has 0 aliphatic carbocycles. The van der Waals surface area contributed by atoms with Crippen LogP contribution < -0.4 is 0 Å². The van der Waals surface area contributed by atoms with Crippen LogP contribution in [0.15, 0.2) is 18.3 Å². The molecule has 1 heterocycles. The summed E-state index contributed by atoms with van der Waals surface area (Å²) in [6.07, 6.45) is -1.36. The molecule has 1 aromatic heterocycles. The number of hydrogen-bond acceptors (Lipinski definition) is 3. The molecule has 1 rings (SSSR count). The highest BCUT2D eigenvalue weighted by atomic mass is 19.3. The molecule has 1 aromatic rings. The van der Waals surface area contributed by atoms with Gasteiger partial charge < -0.3 is 4.74 Å². The second kappa shape index (κ2) is 5.38. The highest BCUT2D eigenvalue weighted by Gasteiger charge is 2.10. The van der Waals surface area contributed by atoms with Crippen molar-refractivity contribution in [1.29, 1.82) is 0 Å². The molecule has 0 unspecified atom stereocenters. The second-order valence-electron chi connectivity index (χ2n) is 2.86. The fraction of sp³-hybridized carbons (Fsp3) is 0.400. The Bertz CT molecular complexity index is 342. The smallest absolute Gasteiger partial charge is 0.311 e. The van der Waals surface area contributed by atoms with Gasteiger partial charge in [0.15, 0.2) is 0 Å². The van der Waals surface area contributed by atoms with Gasteiger partial charge in [0.2, 0.25) is 0 Å². The lowest BCUT2D eigenvalue weighted by atomic mass is 10.2. The van der Waals surface area contributed by atoms with Gasteiger partial charge >= 0.3 is 5.97 Å². The van der Waals surface area contributed by atoms with Crippen molar-refractivity contribution in [2.24, 2.45) is 0 Å². The Morgan fingerprint density at radius 3 is 2.93 bits per heavy atom. The molecule has 0 aliphatic rings. The zero-order chi connectivity index (χ0) is 11.3. The number of rotatable bonds is 4. The largest absolute Gasteiger partial charge is 0.466 e. The number of aromatic nitrogens is 1. The third kappa shape index (κ3) is 3.61. The lowest BCUT2D eigenvalue weighted by Gasteiger charge is -2.03. The summed E-state index contributed by atoms with van der Waals surface area (Å²) in [5.74, 6) is -0.462. The highest BCUT2D eigenvalue weighted by Crippen LogP contribution is 2.18. The number of carbonyl (C=O) groups excluding carboxylic acids is 1. The number of alkyl halides is 2. The molecule has 15 heavy (non-hydrogen) atoms. The average Bonchev–Trinajstić information content (AvgIpc) is 2.18. The predicted molar refractivity (Wildman–Crippen MR) is 49.5 cm³/mol. The van der Waals surface area contributed by atoms with E-state index in [2.05, 4.69) is 9.72 Å². The first kappa shape index (κ1) is 11.6. The van der Waals surface area contributed by atoms with Crippen LogP contribution in [0.4, 0.5) is 8.78 Å². The molecule has 0 saturated heterocycles. The summed E-state index contributed by atoms with van der Waals surface area (Å²) in [4.78, 5) is 14.9. The Morgan fingerprint density at radius 2 is 2.33 bits per heavy atom. The number of esters is 1. The monoisotopic (exact) mass is 215 g/mol. The van der Waals surface area contributed by atoms with Crippen LogP contribution in [0.3, 0.4) is 0 Å². The average molecular weight is 215 g/mol. The molecule has 0 saturated carbocycles. The van der Waals surface area contributed by atoms with Gasteiger partial charge in [-0.05, 0) is 19.1 Å². The van der Waals surface area contributed by atoms with Gasteiger partial charge in [-0.25, -0.2) is 8.78 Å². The topological polar surface area (TPSA) is 39.2 Å². The normalized spacial score (nSPS) is 10.4. The van der Waals surface area contributed by atoms with Gasteiger partial charge in [-0.15, -0.1) is 0 Å². The van der Waals surface area contributed by atoms with Gasteiger partial charge in [0.1, 0.15) is 0 Å². The molecule has 0 radical (unpaired) electrons. The molecular weight excluding hydrogens is 204 g/mol. The minimum absolute atomic E-state index is 0.0750. The van der Waals surface area contributed by atoms with E-state index in [9.17, 15) is 13.6 Å². The first-order valence-corrected chi connectivity index (χ1v) is 4.52. The maximum Gasteiger partial charge on any atom is 0.311 e. The second-order valence-corrected chi connectivity index (χ2v) is 2.86. The highest BCUT2D eigenvalue weighted by molar-refractivity contribution is 5.71. The predicted octanol–water partition coefficient (Wildman–Crippen LogP) is 2.12. The summed E-state index contributed by atoms with van der Waals surface area (Å²) >= 11 is 0. The molecule has 5 heteroatoms. The number of hydrogen-bond donors (Lipinski definition) is 0. The molecule has 0 N–H and O–H groups in total.